The van der Waals surface area contributed by atoms with Gasteiger partial charge in [0, 0.05) is 24.8 Å². The summed E-state index contributed by atoms with van der Waals surface area (Å²) < 4.78 is 15.7. The number of hydrogen-bond acceptors (Lipinski definition) is 3. The van der Waals surface area contributed by atoms with E-state index in [0.717, 1.165) is 11.4 Å². The van der Waals surface area contributed by atoms with Crippen molar-refractivity contribution in [1.29, 1.82) is 0 Å². The first-order valence-electron chi connectivity index (χ1n) is 7.27. The van der Waals surface area contributed by atoms with Gasteiger partial charge < -0.3 is 5.11 Å². The van der Waals surface area contributed by atoms with E-state index < -0.39 is 5.82 Å². The van der Waals surface area contributed by atoms with Crippen molar-refractivity contribution in [1.82, 2.24) is 19.6 Å². The van der Waals surface area contributed by atoms with Crippen LogP contribution >= 0.6 is 12.4 Å². The van der Waals surface area contributed by atoms with Crippen LogP contribution in [0.15, 0.2) is 85.5 Å². The largest absolute Gasteiger partial charge is 0.505 e. The minimum absolute atomic E-state index is 0. The normalized spacial score (nSPS) is 9.64. The summed E-state index contributed by atoms with van der Waals surface area (Å²) in [6.45, 7) is 0. The fourth-order valence-electron chi connectivity index (χ4n) is 2.07. The SMILES string of the molecule is Cl.Oc1ccccc1F.c1cc(-n2cccn2)cc(-n2cccn2)c1. The Hall–Kier alpha value is -3.12. The summed E-state index contributed by atoms with van der Waals surface area (Å²) in [6.07, 6.45) is 7.37. The first kappa shape index (κ1) is 18.2. The van der Waals surface area contributed by atoms with Gasteiger partial charge in [0.15, 0.2) is 11.6 Å². The lowest BCUT2D eigenvalue weighted by Crippen LogP contribution is -1.98. The molecule has 7 heteroatoms. The van der Waals surface area contributed by atoms with Crippen LogP contribution in [-0.4, -0.2) is 24.7 Å². The Kier molecular flexibility index (Phi) is 6.31. The molecular formula is C18H16ClFN4O. The smallest absolute Gasteiger partial charge is 0.164 e. The molecule has 0 spiro atoms. The Labute approximate surface area is 150 Å². The highest BCUT2D eigenvalue weighted by Gasteiger charge is 1.99. The molecule has 2 heterocycles. The highest BCUT2D eigenvalue weighted by Crippen LogP contribution is 2.12. The van der Waals surface area contributed by atoms with Gasteiger partial charge in [-0.3, -0.25) is 0 Å². The van der Waals surface area contributed by atoms with E-state index in [4.69, 9.17) is 5.11 Å². The summed E-state index contributed by atoms with van der Waals surface area (Å²) in [5.74, 6) is -0.875. The van der Waals surface area contributed by atoms with Crippen LogP contribution in [0.5, 0.6) is 5.75 Å². The van der Waals surface area contributed by atoms with Crippen molar-refractivity contribution >= 4 is 12.4 Å². The maximum Gasteiger partial charge on any atom is 0.164 e. The van der Waals surface area contributed by atoms with E-state index in [9.17, 15) is 4.39 Å². The number of phenols is 1. The molecule has 25 heavy (non-hydrogen) atoms. The maximum absolute atomic E-state index is 12.1. The molecule has 4 aromatic rings. The zero-order chi connectivity index (χ0) is 16.8. The second-order valence-electron chi connectivity index (χ2n) is 4.87. The molecule has 0 atom stereocenters. The van der Waals surface area contributed by atoms with Gasteiger partial charge in [0.05, 0.1) is 11.4 Å². The maximum atomic E-state index is 12.1. The Bertz CT molecular complexity index is 825. The molecule has 0 aliphatic rings. The highest BCUT2D eigenvalue weighted by atomic mass is 35.5. The van der Waals surface area contributed by atoms with Crippen molar-refractivity contribution in [2.24, 2.45) is 0 Å². The predicted molar refractivity (Wildman–Crippen MR) is 96.0 cm³/mol. The monoisotopic (exact) mass is 358 g/mol. The van der Waals surface area contributed by atoms with Gasteiger partial charge in [-0.25, -0.2) is 13.8 Å². The Morgan fingerprint density at radius 1 is 0.760 bits per heavy atom. The van der Waals surface area contributed by atoms with Crippen molar-refractivity contribution in [2.45, 2.75) is 0 Å². The summed E-state index contributed by atoms with van der Waals surface area (Å²) in [6, 6.07) is 17.5. The zero-order valence-corrected chi connectivity index (χ0v) is 13.9. The molecule has 0 radical (unpaired) electrons. The number of benzene rings is 2. The average molecular weight is 359 g/mol. The summed E-state index contributed by atoms with van der Waals surface area (Å²) in [4.78, 5) is 0. The molecule has 0 fully saturated rings. The fraction of sp³-hybridized carbons (Fsp3) is 0. The van der Waals surface area contributed by atoms with Gasteiger partial charge in [-0.05, 0) is 42.5 Å². The summed E-state index contributed by atoms with van der Waals surface area (Å²) in [7, 11) is 0. The van der Waals surface area contributed by atoms with Gasteiger partial charge in [0.25, 0.3) is 0 Å². The number of para-hydroxylation sites is 1. The summed E-state index contributed by atoms with van der Waals surface area (Å²) in [5, 5.41) is 16.9. The number of phenolic OH excluding ortho intramolecular Hbond substituents is 1. The predicted octanol–water partition coefficient (Wildman–Crippen LogP) is 4.01. The Morgan fingerprint density at radius 2 is 1.32 bits per heavy atom. The van der Waals surface area contributed by atoms with Crippen LogP contribution in [0.4, 0.5) is 4.39 Å². The van der Waals surface area contributed by atoms with Crippen molar-refractivity contribution in [2.75, 3.05) is 0 Å². The Morgan fingerprint density at radius 3 is 1.72 bits per heavy atom. The third-order valence-electron chi connectivity index (χ3n) is 3.22. The van der Waals surface area contributed by atoms with Gasteiger partial charge >= 0.3 is 0 Å². The van der Waals surface area contributed by atoms with E-state index in [0.29, 0.717) is 0 Å². The quantitative estimate of drug-likeness (QED) is 0.589. The molecule has 2 aromatic heterocycles. The molecule has 0 aliphatic carbocycles. The molecule has 0 saturated carbocycles. The van der Waals surface area contributed by atoms with Crippen molar-refractivity contribution in [3.8, 4) is 17.1 Å². The topological polar surface area (TPSA) is 55.9 Å². The molecule has 0 aliphatic heterocycles. The van der Waals surface area contributed by atoms with E-state index in [1.807, 2.05) is 58.2 Å². The first-order chi connectivity index (χ1) is 11.7. The molecule has 0 amide bonds. The van der Waals surface area contributed by atoms with Crippen molar-refractivity contribution in [3.05, 3.63) is 91.3 Å². The average Bonchev–Trinajstić information content (AvgIpc) is 3.32. The fourth-order valence-corrected chi connectivity index (χ4v) is 2.07. The van der Waals surface area contributed by atoms with Crippen LogP contribution in [0.2, 0.25) is 0 Å². The third-order valence-corrected chi connectivity index (χ3v) is 3.22. The summed E-state index contributed by atoms with van der Waals surface area (Å²) >= 11 is 0. The van der Waals surface area contributed by atoms with Gasteiger partial charge in [-0.2, -0.15) is 10.2 Å². The number of aromatic hydroxyl groups is 1. The molecule has 0 unspecified atom stereocenters. The standard InChI is InChI=1S/C12H10N4.C6H5FO.ClH/c1-4-11(15-8-2-6-13-15)10-12(5-1)16-9-3-7-14-16;7-5-3-1-2-4-6(5)8;/h1-10H;1-4,8H;1H. The molecule has 0 bridgehead atoms. The number of nitrogens with zero attached hydrogens (tertiary/aromatic N) is 4. The molecule has 0 saturated heterocycles. The number of rotatable bonds is 2. The lowest BCUT2D eigenvalue weighted by molar-refractivity contribution is 0.432. The van der Waals surface area contributed by atoms with Gasteiger partial charge in [0.1, 0.15) is 0 Å². The van der Waals surface area contributed by atoms with E-state index in [1.54, 1.807) is 18.5 Å². The third kappa shape index (κ3) is 4.68. The van der Waals surface area contributed by atoms with E-state index in [2.05, 4.69) is 10.2 Å². The Balaban J connectivity index is 0.000000214. The minimum atomic E-state index is -0.576. The van der Waals surface area contributed by atoms with Crippen molar-refractivity contribution < 1.29 is 9.50 Å². The molecule has 1 N–H and O–H groups in total. The van der Waals surface area contributed by atoms with Crippen LogP contribution in [0.25, 0.3) is 11.4 Å². The van der Waals surface area contributed by atoms with Crippen LogP contribution in [-0.2, 0) is 0 Å². The highest BCUT2D eigenvalue weighted by molar-refractivity contribution is 5.85. The molecular weight excluding hydrogens is 343 g/mol. The number of halogens is 2. The minimum Gasteiger partial charge on any atom is -0.505 e. The second-order valence-corrected chi connectivity index (χ2v) is 4.87. The van der Waals surface area contributed by atoms with Crippen molar-refractivity contribution in [3.63, 3.8) is 0 Å². The van der Waals surface area contributed by atoms with Crippen LogP contribution in [0.1, 0.15) is 0 Å². The van der Waals surface area contributed by atoms with Crippen LogP contribution < -0.4 is 0 Å². The van der Waals surface area contributed by atoms with E-state index in [-0.39, 0.29) is 18.2 Å². The first-order valence-corrected chi connectivity index (χ1v) is 7.27. The van der Waals surface area contributed by atoms with Crippen LogP contribution in [0.3, 0.4) is 0 Å². The lowest BCUT2D eigenvalue weighted by atomic mass is 10.3. The molecule has 5 nitrogen and oxygen atoms in total. The molecule has 4 rings (SSSR count). The second kappa shape index (κ2) is 8.65. The number of hydrogen-bond donors (Lipinski definition) is 1. The van der Waals surface area contributed by atoms with Crippen LogP contribution in [0, 0.1) is 5.82 Å². The van der Waals surface area contributed by atoms with E-state index in [1.165, 1.54) is 18.2 Å². The number of aromatic nitrogens is 4. The molecule has 2 aromatic carbocycles. The van der Waals surface area contributed by atoms with Gasteiger partial charge in [-0.15, -0.1) is 12.4 Å². The zero-order valence-electron chi connectivity index (χ0n) is 13.1. The molecule has 128 valence electrons. The van der Waals surface area contributed by atoms with E-state index >= 15 is 0 Å². The van der Waals surface area contributed by atoms with Gasteiger partial charge in [0.2, 0.25) is 0 Å². The summed E-state index contributed by atoms with van der Waals surface area (Å²) in [5.41, 5.74) is 2.05. The van der Waals surface area contributed by atoms with Gasteiger partial charge in [-0.1, -0.05) is 18.2 Å². The lowest BCUT2D eigenvalue weighted by Gasteiger charge is -2.05.